The average Bonchev–Trinajstić information content (AvgIpc) is 2.26. The van der Waals surface area contributed by atoms with Crippen LogP contribution in [0, 0.1) is 29.1 Å². The van der Waals surface area contributed by atoms with Crippen molar-refractivity contribution < 1.29 is 19.8 Å². The second kappa shape index (κ2) is 5.12. The van der Waals surface area contributed by atoms with Crippen LogP contribution in [0.5, 0.6) is 0 Å². The molecule has 0 aromatic rings. The summed E-state index contributed by atoms with van der Waals surface area (Å²) in [4.78, 5) is 23.3. The van der Waals surface area contributed by atoms with Crippen LogP contribution in [0.25, 0.3) is 0 Å². The van der Waals surface area contributed by atoms with Gasteiger partial charge in [-0.1, -0.05) is 39.8 Å². The first-order valence-electron chi connectivity index (χ1n) is 6.39. The minimum atomic E-state index is -1.29. The standard InChI is InChI=1S/C14H22O4/c1-8(2)10-6-5-7-14(9(3)4,13(17)18)11(10)12(15)16/h5,7-11H,6H2,1-4H3,(H,15,16)(H,17,18). The Hall–Kier alpha value is -1.32. The first kappa shape index (κ1) is 14.7. The maximum Gasteiger partial charge on any atom is 0.314 e. The molecule has 0 saturated heterocycles. The Labute approximate surface area is 108 Å². The number of carboxylic acid groups (broad SMARTS) is 2. The lowest BCUT2D eigenvalue weighted by molar-refractivity contribution is -0.167. The predicted octanol–water partition coefficient (Wildman–Crippen LogP) is 2.65. The summed E-state index contributed by atoms with van der Waals surface area (Å²) in [6.45, 7) is 7.45. The fourth-order valence-corrected chi connectivity index (χ4v) is 3.06. The summed E-state index contributed by atoms with van der Waals surface area (Å²) in [6.07, 6.45) is 4.06. The first-order chi connectivity index (χ1) is 8.25. The van der Waals surface area contributed by atoms with Gasteiger partial charge in [0.1, 0.15) is 5.41 Å². The molecule has 0 saturated carbocycles. The van der Waals surface area contributed by atoms with E-state index in [-0.39, 0.29) is 17.8 Å². The van der Waals surface area contributed by atoms with E-state index in [1.165, 1.54) is 0 Å². The van der Waals surface area contributed by atoms with Crippen molar-refractivity contribution in [2.24, 2.45) is 29.1 Å². The summed E-state index contributed by atoms with van der Waals surface area (Å²) in [5.74, 6) is -3.14. The Morgan fingerprint density at radius 2 is 1.78 bits per heavy atom. The molecule has 4 heteroatoms. The van der Waals surface area contributed by atoms with E-state index < -0.39 is 23.3 Å². The van der Waals surface area contributed by atoms with Gasteiger partial charge >= 0.3 is 11.9 Å². The first-order valence-corrected chi connectivity index (χ1v) is 6.39. The molecule has 1 rings (SSSR count). The van der Waals surface area contributed by atoms with Crippen LogP contribution < -0.4 is 0 Å². The normalized spacial score (nSPS) is 31.9. The van der Waals surface area contributed by atoms with Crippen molar-refractivity contribution in [1.29, 1.82) is 0 Å². The van der Waals surface area contributed by atoms with Gasteiger partial charge in [0, 0.05) is 0 Å². The van der Waals surface area contributed by atoms with Gasteiger partial charge in [-0.3, -0.25) is 9.59 Å². The van der Waals surface area contributed by atoms with Crippen LogP contribution in [0.2, 0.25) is 0 Å². The highest BCUT2D eigenvalue weighted by Crippen LogP contribution is 2.48. The molecule has 3 unspecified atom stereocenters. The molecule has 1 aliphatic rings. The number of aliphatic carboxylic acids is 2. The Kier molecular flexibility index (Phi) is 4.20. The van der Waals surface area contributed by atoms with Crippen LogP contribution >= 0.6 is 0 Å². The van der Waals surface area contributed by atoms with Gasteiger partial charge in [0.2, 0.25) is 0 Å². The zero-order chi connectivity index (χ0) is 14.1. The van der Waals surface area contributed by atoms with E-state index >= 15 is 0 Å². The van der Waals surface area contributed by atoms with E-state index in [0.717, 1.165) is 0 Å². The smallest absolute Gasteiger partial charge is 0.314 e. The summed E-state index contributed by atoms with van der Waals surface area (Å²) in [5.41, 5.74) is -1.29. The number of allylic oxidation sites excluding steroid dienone is 1. The van der Waals surface area contributed by atoms with Gasteiger partial charge in [-0.15, -0.1) is 0 Å². The van der Waals surface area contributed by atoms with Crippen molar-refractivity contribution in [3.8, 4) is 0 Å². The second-order valence-electron chi connectivity index (χ2n) is 5.75. The number of carbonyl (C=O) groups is 2. The van der Waals surface area contributed by atoms with Gasteiger partial charge in [0.05, 0.1) is 5.92 Å². The van der Waals surface area contributed by atoms with E-state index in [4.69, 9.17) is 0 Å². The van der Waals surface area contributed by atoms with Crippen molar-refractivity contribution in [1.82, 2.24) is 0 Å². The number of rotatable bonds is 4. The maximum absolute atomic E-state index is 11.7. The molecular formula is C14H22O4. The Bertz CT molecular complexity index is 370. The number of hydrogen-bond acceptors (Lipinski definition) is 2. The van der Waals surface area contributed by atoms with Gasteiger partial charge in [-0.2, -0.15) is 0 Å². The molecule has 3 atom stereocenters. The van der Waals surface area contributed by atoms with Gasteiger partial charge in [0.25, 0.3) is 0 Å². The van der Waals surface area contributed by atoms with Crippen molar-refractivity contribution in [3.05, 3.63) is 12.2 Å². The van der Waals surface area contributed by atoms with Gasteiger partial charge in [0.15, 0.2) is 0 Å². The molecule has 0 radical (unpaired) electrons. The largest absolute Gasteiger partial charge is 0.481 e. The van der Waals surface area contributed by atoms with Crippen LogP contribution in [0.3, 0.4) is 0 Å². The molecule has 0 fully saturated rings. The van der Waals surface area contributed by atoms with E-state index in [0.29, 0.717) is 6.42 Å². The number of carboxylic acids is 2. The van der Waals surface area contributed by atoms with Crippen molar-refractivity contribution in [2.75, 3.05) is 0 Å². The molecule has 0 bridgehead atoms. The highest BCUT2D eigenvalue weighted by atomic mass is 16.4. The molecule has 0 aliphatic heterocycles. The molecule has 0 aromatic heterocycles. The topological polar surface area (TPSA) is 74.6 Å². The summed E-state index contributed by atoms with van der Waals surface area (Å²) in [5, 5.41) is 19.1. The molecule has 1 aliphatic carbocycles. The van der Waals surface area contributed by atoms with Crippen molar-refractivity contribution in [2.45, 2.75) is 34.1 Å². The van der Waals surface area contributed by atoms with Crippen LogP contribution in [0.4, 0.5) is 0 Å². The Morgan fingerprint density at radius 3 is 2.11 bits per heavy atom. The Balaban J connectivity index is 3.38. The quantitative estimate of drug-likeness (QED) is 0.756. The van der Waals surface area contributed by atoms with E-state index in [1.54, 1.807) is 19.9 Å². The minimum absolute atomic E-state index is 0.133. The lowest BCUT2D eigenvalue weighted by atomic mass is 9.58. The van der Waals surface area contributed by atoms with Crippen molar-refractivity contribution >= 4 is 11.9 Å². The van der Waals surface area contributed by atoms with Crippen LogP contribution in [0.1, 0.15) is 34.1 Å². The maximum atomic E-state index is 11.7. The molecule has 0 spiro atoms. The zero-order valence-electron chi connectivity index (χ0n) is 11.4. The molecule has 4 nitrogen and oxygen atoms in total. The molecule has 0 amide bonds. The minimum Gasteiger partial charge on any atom is -0.481 e. The van der Waals surface area contributed by atoms with E-state index in [2.05, 4.69) is 0 Å². The zero-order valence-corrected chi connectivity index (χ0v) is 11.4. The van der Waals surface area contributed by atoms with Gasteiger partial charge in [-0.05, 0) is 24.2 Å². The van der Waals surface area contributed by atoms with Gasteiger partial charge < -0.3 is 10.2 Å². The van der Waals surface area contributed by atoms with Crippen molar-refractivity contribution in [3.63, 3.8) is 0 Å². The third-order valence-electron chi connectivity index (χ3n) is 4.19. The second-order valence-corrected chi connectivity index (χ2v) is 5.75. The van der Waals surface area contributed by atoms with Gasteiger partial charge in [-0.25, -0.2) is 0 Å². The number of hydrogen-bond donors (Lipinski definition) is 2. The molecule has 0 aromatic carbocycles. The highest BCUT2D eigenvalue weighted by Gasteiger charge is 2.55. The van der Waals surface area contributed by atoms with E-state index in [9.17, 15) is 19.8 Å². The van der Waals surface area contributed by atoms with Crippen LogP contribution in [-0.4, -0.2) is 22.2 Å². The fourth-order valence-electron chi connectivity index (χ4n) is 3.06. The monoisotopic (exact) mass is 254 g/mol. The summed E-state index contributed by atoms with van der Waals surface area (Å²) >= 11 is 0. The lowest BCUT2D eigenvalue weighted by Crippen LogP contribution is -2.51. The molecule has 0 heterocycles. The third kappa shape index (κ3) is 2.16. The third-order valence-corrected chi connectivity index (χ3v) is 4.19. The average molecular weight is 254 g/mol. The van der Waals surface area contributed by atoms with E-state index in [1.807, 2.05) is 19.9 Å². The lowest BCUT2D eigenvalue weighted by Gasteiger charge is -2.43. The van der Waals surface area contributed by atoms with Crippen LogP contribution in [-0.2, 0) is 9.59 Å². The molecule has 2 N–H and O–H groups in total. The predicted molar refractivity (Wildman–Crippen MR) is 68.1 cm³/mol. The van der Waals surface area contributed by atoms with Crippen LogP contribution in [0.15, 0.2) is 12.2 Å². The highest BCUT2D eigenvalue weighted by molar-refractivity contribution is 5.86. The Morgan fingerprint density at radius 1 is 1.22 bits per heavy atom. The molecule has 102 valence electrons. The summed E-state index contributed by atoms with van der Waals surface area (Å²) in [6, 6.07) is 0. The summed E-state index contributed by atoms with van der Waals surface area (Å²) < 4.78 is 0. The molecular weight excluding hydrogens is 232 g/mol. The fraction of sp³-hybridized carbons (Fsp3) is 0.714. The summed E-state index contributed by atoms with van der Waals surface area (Å²) in [7, 11) is 0. The SMILES string of the molecule is CC(C)C1CC=CC(C(=O)O)(C(C)C)C1C(=O)O. The molecule has 18 heavy (non-hydrogen) atoms.